The van der Waals surface area contributed by atoms with Crippen LogP contribution in [-0.2, 0) is 0 Å². The van der Waals surface area contributed by atoms with Gasteiger partial charge in [-0.2, -0.15) is 5.10 Å². The van der Waals surface area contributed by atoms with Crippen LogP contribution in [0.5, 0.6) is 0 Å². The summed E-state index contributed by atoms with van der Waals surface area (Å²) in [6.45, 7) is 3.62. The van der Waals surface area contributed by atoms with Crippen molar-refractivity contribution in [2.75, 3.05) is 5.32 Å². The number of carbonyl (C=O) groups excluding carboxylic acids is 1. The maximum atomic E-state index is 12.0. The molecule has 0 radical (unpaired) electrons. The van der Waals surface area contributed by atoms with E-state index in [1.807, 2.05) is 6.92 Å². The van der Waals surface area contributed by atoms with Crippen molar-refractivity contribution in [2.45, 2.75) is 13.8 Å². The Hall–Kier alpha value is -2.70. The van der Waals surface area contributed by atoms with E-state index in [4.69, 9.17) is 0 Å². The number of aryl methyl sites for hydroxylation is 1. The first-order valence-corrected chi connectivity index (χ1v) is 5.57. The van der Waals surface area contributed by atoms with E-state index in [-0.39, 0.29) is 11.3 Å². The first kappa shape index (κ1) is 12.7. The molecule has 0 fully saturated rings. The summed E-state index contributed by atoms with van der Waals surface area (Å²) in [6.07, 6.45) is 0. The largest absolute Gasteiger partial charge is 0.305 e. The minimum atomic E-state index is -0.586. The molecule has 0 saturated heterocycles. The lowest BCUT2D eigenvalue weighted by Gasteiger charge is -2.03. The van der Waals surface area contributed by atoms with Crippen LogP contribution in [0.15, 0.2) is 24.3 Å². The van der Waals surface area contributed by atoms with Crippen LogP contribution < -0.4 is 5.32 Å². The van der Waals surface area contributed by atoms with Gasteiger partial charge in [0.1, 0.15) is 5.56 Å². The predicted octanol–water partition coefficient (Wildman–Crippen LogP) is 2.19. The van der Waals surface area contributed by atoms with E-state index in [1.54, 1.807) is 13.0 Å². The van der Waals surface area contributed by atoms with Gasteiger partial charge in [-0.15, -0.1) is 0 Å². The predicted molar refractivity (Wildman–Crippen MR) is 69.1 cm³/mol. The van der Waals surface area contributed by atoms with E-state index in [1.165, 1.54) is 18.2 Å². The molecule has 7 heteroatoms. The van der Waals surface area contributed by atoms with Gasteiger partial charge in [0, 0.05) is 17.3 Å². The van der Waals surface area contributed by atoms with Gasteiger partial charge >= 0.3 is 0 Å². The Morgan fingerprint density at radius 1 is 1.37 bits per heavy atom. The van der Waals surface area contributed by atoms with Crippen molar-refractivity contribution >= 4 is 17.4 Å². The van der Waals surface area contributed by atoms with Gasteiger partial charge in [-0.25, -0.2) is 0 Å². The molecule has 2 rings (SSSR count). The maximum Gasteiger partial charge on any atom is 0.282 e. The van der Waals surface area contributed by atoms with Crippen LogP contribution in [0, 0.1) is 24.0 Å². The van der Waals surface area contributed by atoms with Gasteiger partial charge in [-0.1, -0.05) is 12.1 Å². The Balaban J connectivity index is 2.31. The van der Waals surface area contributed by atoms with Gasteiger partial charge in [-0.05, 0) is 19.9 Å². The van der Waals surface area contributed by atoms with E-state index in [2.05, 4.69) is 15.5 Å². The van der Waals surface area contributed by atoms with E-state index < -0.39 is 10.8 Å². The number of aromatic amines is 1. The number of hydrogen-bond donors (Lipinski definition) is 2. The SMILES string of the molecule is Cc1[nH]nc(NC(=O)c2ccccc2[N+](=O)[O-])c1C. The van der Waals surface area contributed by atoms with Crippen LogP contribution in [0.1, 0.15) is 21.6 Å². The summed E-state index contributed by atoms with van der Waals surface area (Å²) in [4.78, 5) is 22.3. The zero-order valence-corrected chi connectivity index (χ0v) is 10.4. The summed E-state index contributed by atoms with van der Waals surface area (Å²) in [5.74, 6) is -0.178. The highest BCUT2D eigenvalue weighted by Crippen LogP contribution is 2.20. The second-order valence-corrected chi connectivity index (χ2v) is 4.05. The molecule has 2 aromatic rings. The molecule has 0 aliphatic heterocycles. The minimum absolute atomic E-state index is 0.00699. The third kappa shape index (κ3) is 2.44. The lowest BCUT2D eigenvalue weighted by Crippen LogP contribution is -2.14. The lowest BCUT2D eigenvalue weighted by molar-refractivity contribution is -0.385. The Kier molecular flexibility index (Phi) is 3.28. The topological polar surface area (TPSA) is 101 Å². The first-order valence-electron chi connectivity index (χ1n) is 5.57. The second-order valence-electron chi connectivity index (χ2n) is 4.05. The molecule has 0 aliphatic rings. The van der Waals surface area contributed by atoms with Crippen molar-refractivity contribution in [3.05, 3.63) is 51.2 Å². The summed E-state index contributed by atoms with van der Waals surface area (Å²) < 4.78 is 0. The lowest BCUT2D eigenvalue weighted by atomic mass is 10.1. The van der Waals surface area contributed by atoms with Gasteiger partial charge in [0.25, 0.3) is 11.6 Å². The van der Waals surface area contributed by atoms with Gasteiger partial charge in [-0.3, -0.25) is 20.0 Å². The van der Waals surface area contributed by atoms with Gasteiger partial charge in [0.15, 0.2) is 5.82 Å². The fraction of sp³-hybridized carbons (Fsp3) is 0.167. The smallest absolute Gasteiger partial charge is 0.282 e. The fourth-order valence-corrected chi connectivity index (χ4v) is 1.61. The van der Waals surface area contributed by atoms with E-state index in [9.17, 15) is 14.9 Å². The second kappa shape index (κ2) is 4.89. The Bertz CT molecular complexity index is 648. The molecule has 1 aromatic heterocycles. The van der Waals surface area contributed by atoms with Crippen molar-refractivity contribution < 1.29 is 9.72 Å². The zero-order chi connectivity index (χ0) is 14.0. The highest BCUT2D eigenvalue weighted by molar-refractivity contribution is 6.06. The quantitative estimate of drug-likeness (QED) is 0.652. The molecule has 0 atom stereocenters. The fourth-order valence-electron chi connectivity index (χ4n) is 1.61. The Labute approximate surface area is 108 Å². The van der Waals surface area contributed by atoms with Gasteiger partial charge < -0.3 is 5.32 Å². The third-order valence-corrected chi connectivity index (χ3v) is 2.83. The van der Waals surface area contributed by atoms with Crippen LogP contribution in [-0.4, -0.2) is 21.0 Å². The summed E-state index contributed by atoms with van der Waals surface area (Å²) in [5, 5.41) is 20.1. The summed E-state index contributed by atoms with van der Waals surface area (Å²) >= 11 is 0. The van der Waals surface area contributed by atoms with Crippen molar-refractivity contribution in [2.24, 2.45) is 0 Å². The molecule has 0 aliphatic carbocycles. The highest BCUT2D eigenvalue weighted by Gasteiger charge is 2.20. The number of nitrogens with zero attached hydrogens (tertiary/aromatic N) is 2. The number of H-pyrrole nitrogens is 1. The maximum absolute atomic E-state index is 12.0. The first-order chi connectivity index (χ1) is 9.00. The molecule has 0 bridgehead atoms. The van der Waals surface area contributed by atoms with Crippen LogP contribution >= 0.6 is 0 Å². The third-order valence-electron chi connectivity index (χ3n) is 2.83. The molecule has 0 saturated carbocycles. The van der Waals surface area contributed by atoms with Gasteiger partial charge in [0.2, 0.25) is 0 Å². The van der Waals surface area contributed by atoms with Crippen LogP contribution in [0.4, 0.5) is 11.5 Å². The number of hydrogen-bond acceptors (Lipinski definition) is 4. The molecular weight excluding hydrogens is 248 g/mol. The molecule has 1 heterocycles. The summed E-state index contributed by atoms with van der Waals surface area (Å²) in [7, 11) is 0. The minimum Gasteiger partial charge on any atom is -0.305 e. The number of anilines is 1. The standard InChI is InChI=1S/C12H12N4O3/c1-7-8(2)14-15-11(7)13-12(17)9-5-3-4-6-10(9)16(18)19/h3-6H,1-2H3,(H2,13,14,15,17). The average Bonchev–Trinajstić information content (AvgIpc) is 2.70. The molecule has 98 valence electrons. The van der Waals surface area contributed by atoms with Crippen molar-refractivity contribution in [1.82, 2.24) is 10.2 Å². The summed E-state index contributed by atoms with van der Waals surface area (Å²) in [5.41, 5.74) is 1.40. The average molecular weight is 260 g/mol. The number of rotatable bonds is 3. The number of amides is 1. The number of aromatic nitrogens is 2. The highest BCUT2D eigenvalue weighted by atomic mass is 16.6. The number of nitro groups is 1. The Morgan fingerprint density at radius 2 is 2.05 bits per heavy atom. The molecule has 1 aromatic carbocycles. The Morgan fingerprint density at radius 3 is 2.63 bits per heavy atom. The molecule has 0 spiro atoms. The van der Waals surface area contributed by atoms with Crippen LogP contribution in [0.3, 0.4) is 0 Å². The van der Waals surface area contributed by atoms with Crippen molar-refractivity contribution in [1.29, 1.82) is 0 Å². The zero-order valence-electron chi connectivity index (χ0n) is 10.4. The normalized spacial score (nSPS) is 10.2. The number of benzene rings is 1. The van der Waals surface area contributed by atoms with E-state index in [0.717, 1.165) is 11.3 Å². The van der Waals surface area contributed by atoms with Gasteiger partial charge in [0.05, 0.1) is 4.92 Å². The molecule has 7 nitrogen and oxygen atoms in total. The molecular formula is C12H12N4O3. The van der Waals surface area contributed by atoms with Crippen molar-refractivity contribution in [3.8, 4) is 0 Å². The number of nitro benzene ring substituents is 1. The van der Waals surface area contributed by atoms with E-state index in [0.29, 0.717) is 5.82 Å². The number of carbonyl (C=O) groups is 1. The van der Waals surface area contributed by atoms with Crippen LogP contribution in [0.25, 0.3) is 0 Å². The molecule has 19 heavy (non-hydrogen) atoms. The summed E-state index contributed by atoms with van der Waals surface area (Å²) in [6, 6.07) is 5.78. The molecule has 2 N–H and O–H groups in total. The van der Waals surface area contributed by atoms with Crippen LogP contribution in [0.2, 0.25) is 0 Å². The molecule has 1 amide bonds. The molecule has 0 unspecified atom stereocenters. The van der Waals surface area contributed by atoms with Crippen molar-refractivity contribution in [3.63, 3.8) is 0 Å². The van der Waals surface area contributed by atoms with E-state index >= 15 is 0 Å². The monoisotopic (exact) mass is 260 g/mol. The number of para-hydroxylation sites is 1. The number of nitrogens with one attached hydrogen (secondary N) is 2.